The summed E-state index contributed by atoms with van der Waals surface area (Å²) in [5, 5.41) is 5.16. The Morgan fingerprint density at radius 1 is 1.19 bits per heavy atom. The molecule has 4 nitrogen and oxygen atoms in total. The molecule has 1 N–H and O–H groups in total. The Morgan fingerprint density at radius 2 is 2.00 bits per heavy atom. The SMILES string of the molecule is CCc1ccc(C(NC(=O)CN2CCCCCC2=O)c2cccs2)cc1. The van der Waals surface area contributed by atoms with Crippen LogP contribution in [0.15, 0.2) is 41.8 Å². The van der Waals surface area contributed by atoms with E-state index in [0.29, 0.717) is 13.0 Å². The van der Waals surface area contributed by atoms with Gasteiger partial charge in [-0.25, -0.2) is 0 Å². The lowest BCUT2D eigenvalue weighted by molar-refractivity contribution is -0.135. The molecule has 0 saturated carbocycles. The largest absolute Gasteiger partial charge is 0.343 e. The van der Waals surface area contributed by atoms with Gasteiger partial charge in [-0.3, -0.25) is 9.59 Å². The van der Waals surface area contributed by atoms with Gasteiger partial charge in [0.05, 0.1) is 12.6 Å². The highest BCUT2D eigenvalue weighted by atomic mass is 32.1. The number of amides is 2. The van der Waals surface area contributed by atoms with Gasteiger partial charge < -0.3 is 10.2 Å². The maximum Gasteiger partial charge on any atom is 0.240 e. The fourth-order valence-electron chi connectivity index (χ4n) is 3.31. The Kier molecular flexibility index (Phi) is 6.45. The molecular formula is C21H26N2O2S. The average Bonchev–Trinajstić information content (AvgIpc) is 3.12. The van der Waals surface area contributed by atoms with Crippen LogP contribution in [0.1, 0.15) is 54.7 Å². The molecule has 3 rings (SSSR count). The first-order valence-electron chi connectivity index (χ1n) is 9.36. The molecule has 0 spiro atoms. The Bertz CT molecular complexity index is 725. The van der Waals surface area contributed by atoms with Crippen molar-refractivity contribution >= 4 is 23.2 Å². The summed E-state index contributed by atoms with van der Waals surface area (Å²) in [6, 6.07) is 12.3. The molecule has 0 bridgehead atoms. The van der Waals surface area contributed by atoms with Gasteiger partial charge in [0.1, 0.15) is 0 Å². The second-order valence-corrected chi connectivity index (χ2v) is 7.72. The number of hydrogen-bond donors (Lipinski definition) is 1. The molecule has 0 radical (unpaired) electrons. The van der Waals surface area contributed by atoms with Gasteiger partial charge in [0, 0.05) is 17.8 Å². The van der Waals surface area contributed by atoms with E-state index in [2.05, 4.69) is 36.5 Å². The summed E-state index contributed by atoms with van der Waals surface area (Å²) in [6.07, 6.45) is 4.52. The Hall–Kier alpha value is -2.14. The number of likely N-dealkylation sites (tertiary alicyclic amines) is 1. The number of carbonyl (C=O) groups is 2. The van der Waals surface area contributed by atoms with Crippen LogP contribution in [0.5, 0.6) is 0 Å². The van der Waals surface area contributed by atoms with E-state index in [1.165, 1.54) is 5.56 Å². The predicted octanol–water partition coefficient (Wildman–Crippen LogP) is 3.92. The van der Waals surface area contributed by atoms with Crippen LogP contribution in [0.3, 0.4) is 0 Å². The molecule has 1 atom stereocenters. The minimum atomic E-state index is -0.171. The number of nitrogens with one attached hydrogen (secondary N) is 1. The lowest BCUT2D eigenvalue weighted by Gasteiger charge is -2.23. The fourth-order valence-corrected chi connectivity index (χ4v) is 4.11. The van der Waals surface area contributed by atoms with Crippen LogP contribution in [0.2, 0.25) is 0 Å². The molecule has 1 unspecified atom stereocenters. The van der Waals surface area contributed by atoms with E-state index < -0.39 is 0 Å². The normalized spacial score (nSPS) is 16.2. The molecule has 1 aliphatic rings. The highest BCUT2D eigenvalue weighted by Crippen LogP contribution is 2.26. The quantitative estimate of drug-likeness (QED) is 0.838. The van der Waals surface area contributed by atoms with Gasteiger partial charge in [0.2, 0.25) is 11.8 Å². The molecule has 5 heteroatoms. The van der Waals surface area contributed by atoms with Crippen LogP contribution in [0, 0.1) is 0 Å². The monoisotopic (exact) mass is 370 g/mol. The van der Waals surface area contributed by atoms with Crippen LogP contribution in [0.4, 0.5) is 0 Å². The molecule has 2 heterocycles. The van der Waals surface area contributed by atoms with Crippen molar-refractivity contribution in [3.8, 4) is 0 Å². The lowest BCUT2D eigenvalue weighted by Crippen LogP contribution is -2.41. The van der Waals surface area contributed by atoms with Crippen molar-refractivity contribution in [2.24, 2.45) is 0 Å². The van der Waals surface area contributed by atoms with Crippen LogP contribution in [-0.4, -0.2) is 29.8 Å². The first kappa shape index (κ1) is 18.6. The number of thiophene rings is 1. The third-order valence-electron chi connectivity index (χ3n) is 4.86. The number of aryl methyl sites for hydroxylation is 1. The van der Waals surface area contributed by atoms with E-state index in [1.807, 2.05) is 17.5 Å². The van der Waals surface area contributed by atoms with Gasteiger partial charge in [-0.15, -0.1) is 11.3 Å². The highest BCUT2D eigenvalue weighted by Gasteiger charge is 2.22. The predicted molar refractivity (Wildman–Crippen MR) is 105 cm³/mol. The molecule has 2 aromatic rings. The molecular weight excluding hydrogens is 344 g/mol. The average molecular weight is 371 g/mol. The van der Waals surface area contributed by atoms with Crippen LogP contribution in [0.25, 0.3) is 0 Å². The van der Waals surface area contributed by atoms with Crippen molar-refractivity contribution in [1.29, 1.82) is 0 Å². The van der Waals surface area contributed by atoms with Crippen LogP contribution >= 0.6 is 11.3 Å². The van der Waals surface area contributed by atoms with Crippen molar-refractivity contribution in [1.82, 2.24) is 10.2 Å². The molecule has 1 saturated heterocycles. The van der Waals surface area contributed by atoms with Gasteiger partial charge >= 0.3 is 0 Å². The first-order valence-corrected chi connectivity index (χ1v) is 10.2. The number of hydrogen-bond acceptors (Lipinski definition) is 3. The molecule has 138 valence electrons. The van der Waals surface area contributed by atoms with E-state index >= 15 is 0 Å². The first-order chi connectivity index (χ1) is 12.7. The van der Waals surface area contributed by atoms with E-state index in [1.54, 1.807) is 16.2 Å². The molecule has 26 heavy (non-hydrogen) atoms. The third kappa shape index (κ3) is 4.73. The third-order valence-corrected chi connectivity index (χ3v) is 5.80. The van der Waals surface area contributed by atoms with E-state index in [-0.39, 0.29) is 24.4 Å². The Morgan fingerprint density at radius 3 is 2.69 bits per heavy atom. The zero-order chi connectivity index (χ0) is 18.4. The molecule has 2 amide bonds. The fraction of sp³-hybridized carbons (Fsp3) is 0.429. The number of benzene rings is 1. The van der Waals surface area contributed by atoms with Crippen molar-refractivity contribution in [2.75, 3.05) is 13.1 Å². The van der Waals surface area contributed by atoms with Gasteiger partial charge in [0.15, 0.2) is 0 Å². The smallest absolute Gasteiger partial charge is 0.240 e. The van der Waals surface area contributed by atoms with E-state index in [0.717, 1.165) is 36.1 Å². The van der Waals surface area contributed by atoms with Gasteiger partial charge in [-0.2, -0.15) is 0 Å². The number of nitrogens with zero attached hydrogens (tertiary/aromatic N) is 1. The summed E-state index contributed by atoms with van der Waals surface area (Å²) in [5.74, 6) is -0.00385. The van der Waals surface area contributed by atoms with E-state index in [4.69, 9.17) is 0 Å². The van der Waals surface area contributed by atoms with Crippen LogP contribution < -0.4 is 5.32 Å². The molecule has 0 aliphatic carbocycles. The highest BCUT2D eigenvalue weighted by molar-refractivity contribution is 7.10. The van der Waals surface area contributed by atoms with Gasteiger partial charge in [0.25, 0.3) is 0 Å². The van der Waals surface area contributed by atoms with Crippen molar-refractivity contribution in [2.45, 2.75) is 45.1 Å². The summed E-state index contributed by atoms with van der Waals surface area (Å²) < 4.78 is 0. The van der Waals surface area contributed by atoms with Crippen LogP contribution in [-0.2, 0) is 16.0 Å². The van der Waals surface area contributed by atoms with Crippen molar-refractivity contribution in [3.63, 3.8) is 0 Å². The molecule has 1 aliphatic heterocycles. The molecule has 1 aromatic carbocycles. The minimum absolute atomic E-state index is 0.0950. The summed E-state index contributed by atoms with van der Waals surface area (Å²) in [6.45, 7) is 2.96. The Balaban J connectivity index is 1.73. The summed E-state index contributed by atoms with van der Waals surface area (Å²) >= 11 is 1.63. The maximum absolute atomic E-state index is 12.7. The number of rotatable bonds is 6. The minimum Gasteiger partial charge on any atom is -0.343 e. The van der Waals surface area contributed by atoms with Crippen molar-refractivity contribution < 1.29 is 9.59 Å². The zero-order valence-electron chi connectivity index (χ0n) is 15.2. The second kappa shape index (κ2) is 8.99. The summed E-state index contributed by atoms with van der Waals surface area (Å²) in [5.41, 5.74) is 2.35. The topological polar surface area (TPSA) is 49.4 Å². The standard InChI is InChI=1S/C21H26N2O2S/c1-2-16-9-11-17(12-10-16)21(18-7-6-14-26-18)22-19(24)15-23-13-5-3-4-8-20(23)25/h6-7,9-12,14,21H,2-5,8,13,15H2,1H3,(H,22,24). The summed E-state index contributed by atoms with van der Waals surface area (Å²) in [7, 11) is 0. The second-order valence-electron chi connectivity index (χ2n) is 6.74. The molecule has 1 aromatic heterocycles. The summed E-state index contributed by atoms with van der Waals surface area (Å²) in [4.78, 5) is 27.6. The Labute approximate surface area is 159 Å². The van der Waals surface area contributed by atoms with Gasteiger partial charge in [-0.1, -0.05) is 43.7 Å². The zero-order valence-corrected chi connectivity index (χ0v) is 16.1. The lowest BCUT2D eigenvalue weighted by atomic mass is 10.0. The van der Waals surface area contributed by atoms with Crippen molar-refractivity contribution in [3.05, 3.63) is 57.8 Å². The number of carbonyl (C=O) groups excluding carboxylic acids is 2. The van der Waals surface area contributed by atoms with Gasteiger partial charge in [-0.05, 0) is 41.8 Å². The van der Waals surface area contributed by atoms with E-state index in [9.17, 15) is 9.59 Å². The maximum atomic E-state index is 12.7. The molecule has 1 fully saturated rings.